The zero-order valence-electron chi connectivity index (χ0n) is 14.7. The fourth-order valence-corrected chi connectivity index (χ4v) is 2.55. The number of hydrogen-bond acceptors (Lipinski definition) is 5. The molecule has 2 rings (SSSR count). The van der Waals surface area contributed by atoms with Crippen LogP contribution >= 0.6 is 11.6 Å². The molecule has 9 heteroatoms. The predicted octanol–water partition coefficient (Wildman–Crippen LogP) is 2.01. The number of nitrogens with zero attached hydrogens (tertiary/aromatic N) is 2. The molecular formula is C17H20ClN3O5. The summed E-state index contributed by atoms with van der Waals surface area (Å²) in [6.45, 7) is 5.61. The molecule has 0 saturated carbocycles. The minimum atomic E-state index is -1.27. The molecule has 0 atom stereocenters. The lowest BCUT2D eigenvalue weighted by molar-refractivity contribution is -0.135. The van der Waals surface area contributed by atoms with Crippen molar-refractivity contribution in [3.63, 3.8) is 0 Å². The summed E-state index contributed by atoms with van der Waals surface area (Å²) < 4.78 is 1.30. The van der Waals surface area contributed by atoms with E-state index < -0.39 is 35.3 Å². The number of hydrogen-bond donors (Lipinski definition) is 3. The second-order valence-electron chi connectivity index (χ2n) is 7.09. The third-order valence-corrected chi connectivity index (χ3v) is 3.96. The Morgan fingerprint density at radius 1 is 1.35 bits per heavy atom. The van der Waals surface area contributed by atoms with Crippen molar-refractivity contribution in [1.82, 2.24) is 14.9 Å². The highest BCUT2D eigenvalue weighted by Gasteiger charge is 2.24. The molecule has 8 nitrogen and oxygen atoms in total. The first-order valence-electron chi connectivity index (χ1n) is 7.92. The van der Waals surface area contributed by atoms with Crippen molar-refractivity contribution in [2.24, 2.45) is 5.41 Å². The predicted molar refractivity (Wildman–Crippen MR) is 96.7 cm³/mol. The summed E-state index contributed by atoms with van der Waals surface area (Å²) >= 11 is 5.93. The Balaban J connectivity index is 2.66. The zero-order chi connectivity index (χ0) is 19.6. The maximum absolute atomic E-state index is 12.8. The van der Waals surface area contributed by atoms with Gasteiger partial charge >= 0.3 is 5.97 Å². The molecule has 0 aliphatic carbocycles. The standard InChI is InChI=1S/C17H20ClN3O5/c1-17(2,3)4-5-21-14-10(6-9(18)7-19-14)13(24)12(16(21)26)15(25)20-8-11(22)23/h6-7,24H,4-5,8H2,1-3H3,(H,20,25)(H,22,23). The van der Waals surface area contributed by atoms with Gasteiger partial charge in [-0.3, -0.25) is 19.0 Å². The van der Waals surface area contributed by atoms with E-state index in [1.807, 2.05) is 20.8 Å². The minimum Gasteiger partial charge on any atom is -0.506 e. The molecular weight excluding hydrogens is 362 g/mol. The Hall–Kier alpha value is -2.61. The highest BCUT2D eigenvalue weighted by atomic mass is 35.5. The monoisotopic (exact) mass is 381 g/mol. The molecule has 0 aromatic carbocycles. The Bertz CT molecular complexity index is 931. The lowest BCUT2D eigenvalue weighted by Crippen LogP contribution is -2.36. The fraction of sp³-hybridized carbons (Fsp3) is 0.412. The number of carbonyl (C=O) groups is 2. The zero-order valence-corrected chi connectivity index (χ0v) is 15.4. The molecule has 0 aliphatic rings. The Labute approximate surface area is 154 Å². The normalized spacial score (nSPS) is 11.5. The lowest BCUT2D eigenvalue weighted by atomic mass is 9.92. The van der Waals surface area contributed by atoms with Crippen molar-refractivity contribution in [3.05, 3.63) is 33.2 Å². The van der Waals surface area contributed by atoms with Gasteiger partial charge in [0.2, 0.25) is 0 Å². The van der Waals surface area contributed by atoms with Crippen LogP contribution in [0.5, 0.6) is 5.75 Å². The summed E-state index contributed by atoms with van der Waals surface area (Å²) in [5, 5.41) is 21.6. The van der Waals surface area contributed by atoms with Gasteiger partial charge in [-0.05, 0) is 17.9 Å². The van der Waals surface area contributed by atoms with Gasteiger partial charge in [-0.1, -0.05) is 32.4 Å². The SMILES string of the molecule is CC(C)(C)CCn1c(=O)c(C(=O)NCC(=O)O)c(O)c2cc(Cl)cnc21. The topological polar surface area (TPSA) is 122 Å². The van der Waals surface area contributed by atoms with Crippen LogP contribution in [0.3, 0.4) is 0 Å². The van der Waals surface area contributed by atoms with Crippen LogP contribution in [0, 0.1) is 5.41 Å². The lowest BCUT2D eigenvalue weighted by Gasteiger charge is -2.20. The fourth-order valence-electron chi connectivity index (χ4n) is 2.39. The molecule has 2 aromatic rings. The average Bonchev–Trinajstić information content (AvgIpc) is 2.52. The summed E-state index contributed by atoms with van der Waals surface area (Å²) in [5.74, 6) is -2.81. The van der Waals surface area contributed by atoms with E-state index in [-0.39, 0.29) is 28.0 Å². The molecule has 0 unspecified atom stereocenters. The number of pyridine rings is 2. The minimum absolute atomic E-state index is 0.0815. The number of aromatic nitrogens is 2. The summed E-state index contributed by atoms with van der Waals surface area (Å²) in [5.41, 5.74) is -1.15. The number of amides is 1. The van der Waals surface area contributed by atoms with E-state index in [1.165, 1.54) is 16.8 Å². The smallest absolute Gasteiger partial charge is 0.322 e. The summed E-state index contributed by atoms with van der Waals surface area (Å²) in [6.07, 6.45) is 1.97. The molecule has 0 fully saturated rings. The summed E-state index contributed by atoms with van der Waals surface area (Å²) in [6, 6.07) is 1.40. The Morgan fingerprint density at radius 3 is 2.58 bits per heavy atom. The van der Waals surface area contributed by atoms with Crippen LogP contribution in [0.1, 0.15) is 37.6 Å². The van der Waals surface area contributed by atoms with Gasteiger partial charge in [-0.15, -0.1) is 0 Å². The maximum Gasteiger partial charge on any atom is 0.322 e. The highest BCUT2D eigenvalue weighted by Crippen LogP contribution is 2.28. The number of carboxylic acid groups (broad SMARTS) is 1. The second-order valence-corrected chi connectivity index (χ2v) is 7.53. The van der Waals surface area contributed by atoms with Gasteiger partial charge < -0.3 is 15.5 Å². The van der Waals surface area contributed by atoms with Gasteiger partial charge in [0.15, 0.2) is 0 Å². The van der Waals surface area contributed by atoms with Crippen LogP contribution in [-0.2, 0) is 11.3 Å². The number of rotatable bonds is 5. The van der Waals surface area contributed by atoms with Gasteiger partial charge in [0, 0.05) is 12.7 Å². The van der Waals surface area contributed by atoms with Gasteiger partial charge in [0.25, 0.3) is 11.5 Å². The number of carboxylic acids is 1. The molecule has 2 aromatic heterocycles. The van der Waals surface area contributed by atoms with Crippen LogP contribution in [0.15, 0.2) is 17.1 Å². The first kappa shape index (κ1) is 19.7. The van der Waals surface area contributed by atoms with Crippen LogP contribution in [0.4, 0.5) is 0 Å². The van der Waals surface area contributed by atoms with Gasteiger partial charge in [0.05, 0.1) is 10.4 Å². The maximum atomic E-state index is 12.8. The molecule has 1 amide bonds. The average molecular weight is 382 g/mol. The number of aryl methyl sites for hydroxylation is 1. The van der Waals surface area contributed by atoms with E-state index >= 15 is 0 Å². The molecule has 0 radical (unpaired) electrons. The van der Waals surface area contributed by atoms with Gasteiger partial charge in [-0.2, -0.15) is 0 Å². The van der Waals surface area contributed by atoms with Crippen molar-refractivity contribution >= 4 is 34.5 Å². The van der Waals surface area contributed by atoms with Crippen molar-refractivity contribution in [1.29, 1.82) is 0 Å². The van der Waals surface area contributed by atoms with Crippen LogP contribution in [0.2, 0.25) is 5.02 Å². The molecule has 0 bridgehead atoms. The first-order chi connectivity index (χ1) is 12.0. The number of fused-ring (bicyclic) bond motifs is 1. The Morgan fingerprint density at radius 2 is 2.00 bits per heavy atom. The van der Waals surface area contributed by atoms with Crippen molar-refractivity contribution < 1.29 is 19.8 Å². The van der Waals surface area contributed by atoms with Crippen LogP contribution in [0.25, 0.3) is 11.0 Å². The van der Waals surface area contributed by atoms with E-state index in [4.69, 9.17) is 16.7 Å². The third kappa shape index (κ3) is 4.32. The summed E-state index contributed by atoms with van der Waals surface area (Å²) in [7, 11) is 0. The van der Waals surface area contributed by atoms with E-state index in [2.05, 4.69) is 10.3 Å². The summed E-state index contributed by atoms with van der Waals surface area (Å²) in [4.78, 5) is 39.9. The quantitative estimate of drug-likeness (QED) is 0.728. The van der Waals surface area contributed by atoms with Gasteiger partial charge in [0.1, 0.15) is 23.5 Å². The van der Waals surface area contributed by atoms with E-state index in [1.54, 1.807) is 0 Å². The number of aromatic hydroxyl groups is 1. The molecule has 26 heavy (non-hydrogen) atoms. The molecule has 0 saturated heterocycles. The van der Waals surface area contributed by atoms with Gasteiger partial charge in [-0.25, -0.2) is 4.98 Å². The largest absolute Gasteiger partial charge is 0.506 e. The second kappa shape index (κ2) is 7.33. The third-order valence-electron chi connectivity index (χ3n) is 3.75. The highest BCUT2D eigenvalue weighted by molar-refractivity contribution is 6.31. The molecule has 2 heterocycles. The molecule has 140 valence electrons. The number of halogens is 1. The van der Waals surface area contributed by atoms with Crippen molar-refractivity contribution in [2.75, 3.05) is 6.54 Å². The van der Waals surface area contributed by atoms with Crippen LogP contribution in [-0.4, -0.2) is 38.2 Å². The van der Waals surface area contributed by atoms with E-state index in [0.717, 1.165) is 0 Å². The molecule has 3 N–H and O–H groups in total. The molecule has 0 spiro atoms. The number of aliphatic carboxylic acids is 1. The number of carbonyl (C=O) groups excluding carboxylic acids is 1. The van der Waals surface area contributed by atoms with Crippen molar-refractivity contribution in [2.45, 2.75) is 33.7 Å². The van der Waals surface area contributed by atoms with E-state index in [9.17, 15) is 19.5 Å². The Kier molecular flexibility index (Phi) is 5.56. The number of nitrogens with one attached hydrogen (secondary N) is 1. The van der Waals surface area contributed by atoms with Crippen molar-refractivity contribution in [3.8, 4) is 5.75 Å². The van der Waals surface area contributed by atoms with E-state index in [0.29, 0.717) is 6.42 Å². The van der Waals surface area contributed by atoms with Crippen LogP contribution < -0.4 is 10.9 Å². The first-order valence-corrected chi connectivity index (χ1v) is 8.30. The molecule has 0 aliphatic heterocycles.